The maximum atomic E-state index is 13.2. The van der Waals surface area contributed by atoms with Crippen molar-refractivity contribution in [1.82, 2.24) is 14.8 Å². The Labute approximate surface area is 123 Å². The van der Waals surface area contributed by atoms with Crippen molar-refractivity contribution in [3.63, 3.8) is 0 Å². The Morgan fingerprint density at radius 1 is 1.24 bits per heavy atom. The van der Waals surface area contributed by atoms with Gasteiger partial charge in [0.25, 0.3) is 5.91 Å². The van der Waals surface area contributed by atoms with E-state index in [1.165, 1.54) is 31.6 Å². The first-order valence-electron chi connectivity index (χ1n) is 7.89. The van der Waals surface area contributed by atoms with Gasteiger partial charge in [0, 0.05) is 49.5 Å². The van der Waals surface area contributed by atoms with Crippen molar-refractivity contribution in [2.45, 2.75) is 37.8 Å². The van der Waals surface area contributed by atoms with Gasteiger partial charge in [-0.15, -0.1) is 0 Å². The minimum atomic E-state index is -0.585. The van der Waals surface area contributed by atoms with Crippen LogP contribution in [0, 0.1) is 11.9 Å². The summed E-state index contributed by atoms with van der Waals surface area (Å²) in [6, 6.07) is 3.68. The van der Waals surface area contributed by atoms with Gasteiger partial charge in [-0.25, -0.2) is 4.98 Å². The lowest BCUT2D eigenvalue weighted by Crippen LogP contribution is -2.40. The summed E-state index contributed by atoms with van der Waals surface area (Å²) in [5.74, 6) is 0.262. The van der Waals surface area contributed by atoms with Crippen molar-refractivity contribution in [2.75, 3.05) is 19.6 Å². The standard InChI is InChI=1S/C16H20FN3O/c17-15-9-12(3-6-18-15)16(21)20-8-5-13-14(20)4-7-19(13)10-11-1-2-11/h3,6,9,11,13-14H,1-2,4-5,7-8,10H2/t13-,14+/m0/s1. The van der Waals surface area contributed by atoms with E-state index in [1.54, 1.807) is 6.07 Å². The van der Waals surface area contributed by atoms with Gasteiger partial charge in [-0.3, -0.25) is 9.69 Å². The van der Waals surface area contributed by atoms with Crippen molar-refractivity contribution in [1.29, 1.82) is 0 Å². The summed E-state index contributed by atoms with van der Waals surface area (Å²) in [5.41, 5.74) is 0.420. The lowest BCUT2D eigenvalue weighted by Gasteiger charge is -2.25. The lowest BCUT2D eigenvalue weighted by atomic mass is 10.1. The fourth-order valence-corrected chi connectivity index (χ4v) is 3.89. The van der Waals surface area contributed by atoms with E-state index in [9.17, 15) is 9.18 Å². The van der Waals surface area contributed by atoms with Crippen LogP contribution in [0.2, 0.25) is 0 Å². The number of rotatable bonds is 3. The van der Waals surface area contributed by atoms with Crippen LogP contribution in [0.1, 0.15) is 36.0 Å². The van der Waals surface area contributed by atoms with Crippen LogP contribution in [0.3, 0.4) is 0 Å². The quantitative estimate of drug-likeness (QED) is 0.798. The third-order valence-electron chi connectivity index (χ3n) is 5.12. The number of carbonyl (C=O) groups excluding carboxylic acids is 1. The Balaban J connectivity index is 1.48. The van der Waals surface area contributed by atoms with Crippen LogP contribution in [0.25, 0.3) is 0 Å². The van der Waals surface area contributed by atoms with Gasteiger partial charge in [0.15, 0.2) is 0 Å². The van der Waals surface area contributed by atoms with Crippen LogP contribution in [-0.4, -0.2) is 52.4 Å². The van der Waals surface area contributed by atoms with Crippen LogP contribution in [0.4, 0.5) is 4.39 Å². The smallest absolute Gasteiger partial charge is 0.254 e. The van der Waals surface area contributed by atoms with Gasteiger partial charge in [0.2, 0.25) is 5.95 Å². The molecule has 0 N–H and O–H groups in total. The Morgan fingerprint density at radius 3 is 2.81 bits per heavy atom. The minimum Gasteiger partial charge on any atom is -0.334 e. The van der Waals surface area contributed by atoms with Gasteiger partial charge in [-0.05, 0) is 37.7 Å². The van der Waals surface area contributed by atoms with Gasteiger partial charge in [-0.2, -0.15) is 4.39 Å². The Morgan fingerprint density at radius 2 is 2.05 bits per heavy atom. The summed E-state index contributed by atoms with van der Waals surface area (Å²) in [4.78, 5) is 20.6. The van der Waals surface area contributed by atoms with Gasteiger partial charge in [0.05, 0.1) is 0 Å². The van der Waals surface area contributed by atoms with E-state index in [0.717, 1.165) is 31.8 Å². The molecule has 4 rings (SSSR count). The molecule has 2 saturated heterocycles. The molecular weight excluding hydrogens is 269 g/mol. The summed E-state index contributed by atoms with van der Waals surface area (Å²) in [5, 5.41) is 0. The molecule has 0 aromatic carbocycles. The van der Waals surface area contributed by atoms with E-state index < -0.39 is 5.95 Å². The van der Waals surface area contributed by atoms with Crippen LogP contribution >= 0.6 is 0 Å². The molecule has 21 heavy (non-hydrogen) atoms. The van der Waals surface area contributed by atoms with Crippen molar-refractivity contribution in [3.8, 4) is 0 Å². The number of amides is 1. The number of carbonyl (C=O) groups is 1. The number of nitrogens with zero attached hydrogens (tertiary/aromatic N) is 3. The number of hydrogen-bond acceptors (Lipinski definition) is 3. The third-order valence-corrected chi connectivity index (χ3v) is 5.12. The van der Waals surface area contributed by atoms with Crippen LogP contribution in [0.15, 0.2) is 18.3 Å². The molecule has 2 aliphatic heterocycles. The summed E-state index contributed by atoms with van der Waals surface area (Å²) in [6.45, 7) is 3.09. The minimum absolute atomic E-state index is 0.0444. The largest absolute Gasteiger partial charge is 0.334 e. The maximum absolute atomic E-state index is 13.2. The normalized spacial score (nSPS) is 28.9. The summed E-state index contributed by atoms with van der Waals surface area (Å²) >= 11 is 0. The summed E-state index contributed by atoms with van der Waals surface area (Å²) < 4.78 is 13.2. The Kier molecular flexibility index (Phi) is 3.17. The zero-order chi connectivity index (χ0) is 14.4. The molecule has 1 amide bonds. The molecule has 1 aromatic heterocycles. The molecule has 1 aromatic rings. The monoisotopic (exact) mass is 289 g/mol. The molecule has 3 fully saturated rings. The fourth-order valence-electron chi connectivity index (χ4n) is 3.89. The van der Waals surface area contributed by atoms with Crippen LogP contribution in [-0.2, 0) is 0 Å². The topological polar surface area (TPSA) is 36.4 Å². The highest BCUT2D eigenvalue weighted by Crippen LogP contribution is 2.37. The second kappa shape index (κ2) is 5.05. The van der Waals surface area contributed by atoms with Gasteiger partial charge < -0.3 is 4.90 Å². The average Bonchev–Trinajstić information content (AvgIpc) is 3.06. The summed E-state index contributed by atoms with van der Waals surface area (Å²) in [7, 11) is 0. The average molecular weight is 289 g/mol. The molecule has 2 atom stereocenters. The number of halogens is 1. The maximum Gasteiger partial charge on any atom is 0.254 e. The molecular formula is C16H20FN3O. The second-order valence-electron chi connectivity index (χ2n) is 6.52. The zero-order valence-electron chi connectivity index (χ0n) is 12.0. The van der Waals surface area contributed by atoms with E-state index in [1.807, 2.05) is 4.90 Å². The third kappa shape index (κ3) is 2.44. The van der Waals surface area contributed by atoms with E-state index >= 15 is 0 Å². The number of aromatic nitrogens is 1. The highest BCUT2D eigenvalue weighted by molar-refractivity contribution is 5.94. The van der Waals surface area contributed by atoms with Gasteiger partial charge >= 0.3 is 0 Å². The lowest BCUT2D eigenvalue weighted by molar-refractivity contribution is 0.0731. The van der Waals surface area contributed by atoms with Crippen molar-refractivity contribution < 1.29 is 9.18 Å². The van der Waals surface area contributed by atoms with Crippen molar-refractivity contribution in [2.24, 2.45) is 5.92 Å². The molecule has 0 spiro atoms. The molecule has 1 saturated carbocycles. The van der Waals surface area contributed by atoms with E-state index in [-0.39, 0.29) is 5.91 Å². The molecule has 3 aliphatic rings. The zero-order valence-corrected chi connectivity index (χ0v) is 12.0. The first-order chi connectivity index (χ1) is 10.2. The number of hydrogen-bond donors (Lipinski definition) is 0. The predicted molar refractivity (Wildman–Crippen MR) is 76.3 cm³/mol. The predicted octanol–water partition coefficient (Wildman–Crippen LogP) is 1.92. The Bertz CT molecular complexity index is 560. The first kappa shape index (κ1) is 13.2. The fraction of sp³-hybridized carbons (Fsp3) is 0.625. The SMILES string of the molecule is O=C(c1ccnc(F)c1)N1CC[C@H]2[C@H]1CCN2CC1CC1. The molecule has 5 heteroatoms. The first-order valence-corrected chi connectivity index (χ1v) is 7.89. The number of fused-ring (bicyclic) bond motifs is 1. The van der Waals surface area contributed by atoms with Crippen molar-refractivity contribution in [3.05, 3.63) is 29.8 Å². The van der Waals surface area contributed by atoms with E-state index in [0.29, 0.717) is 17.6 Å². The molecule has 0 bridgehead atoms. The molecule has 0 unspecified atom stereocenters. The molecule has 3 heterocycles. The summed E-state index contributed by atoms with van der Waals surface area (Å²) in [6.07, 6.45) is 6.21. The second-order valence-corrected chi connectivity index (χ2v) is 6.52. The molecule has 0 radical (unpaired) electrons. The number of pyridine rings is 1. The van der Waals surface area contributed by atoms with Crippen LogP contribution in [0.5, 0.6) is 0 Å². The molecule has 112 valence electrons. The van der Waals surface area contributed by atoms with Crippen molar-refractivity contribution >= 4 is 5.91 Å². The van der Waals surface area contributed by atoms with Gasteiger partial charge in [-0.1, -0.05) is 0 Å². The Hall–Kier alpha value is -1.49. The molecule has 1 aliphatic carbocycles. The molecule has 4 nitrogen and oxygen atoms in total. The highest BCUT2D eigenvalue weighted by Gasteiger charge is 2.45. The van der Waals surface area contributed by atoms with E-state index in [2.05, 4.69) is 9.88 Å². The van der Waals surface area contributed by atoms with E-state index in [4.69, 9.17) is 0 Å². The number of likely N-dealkylation sites (tertiary alicyclic amines) is 2. The van der Waals surface area contributed by atoms with Crippen LogP contribution < -0.4 is 0 Å². The van der Waals surface area contributed by atoms with Gasteiger partial charge in [0.1, 0.15) is 0 Å². The highest BCUT2D eigenvalue weighted by atomic mass is 19.1.